The van der Waals surface area contributed by atoms with Crippen molar-refractivity contribution in [3.63, 3.8) is 0 Å². The highest BCUT2D eigenvalue weighted by Crippen LogP contribution is 2.49. The Morgan fingerprint density at radius 2 is 0.900 bits per heavy atom. The summed E-state index contributed by atoms with van der Waals surface area (Å²) in [6.07, 6.45) is 0. The van der Waals surface area contributed by atoms with Crippen molar-refractivity contribution in [2.75, 3.05) is 9.80 Å². The Morgan fingerprint density at radius 3 is 1.48 bits per heavy atom. The molecule has 0 fully saturated rings. The number of hydrogen-bond donors (Lipinski definition) is 0. The molecule has 2 nitrogen and oxygen atoms in total. The largest absolute Gasteiger partial charge is 0.301 e. The minimum atomic E-state index is 1.14. The molecule has 0 N–H and O–H groups in total. The van der Waals surface area contributed by atoms with Crippen molar-refractivity contribution in [3.05, 3.63) is 157 Å². The lowest BCUT2D eigenvalue weighted by atomic mass is 10.1. The van der Waals surface area contributed by atoms with Gasteiger partial charge in [0.15, 0.2) is 0 Å². The Hall–Kier alpha value is -4.86. The van der Waals surface area contributed by atoms with Gasteiger partial charge >= 0.3 is 0 Å². The van der Waals surface area contributed by atoms with Crippen molar-refractivity contribution in [2.45, 2.75) is 6.92 Å². The van der Waals surface area contributed by atoms with E-state index in [9.17, 15) is 0 Å². The highest BCUT2D eigenvalue weighted by Gasteiger charge is 2.23. The summed E-state index contributed by atoms with van der Waals surface area (Å²) < 4.78 is 0. The molecule has 0 spiro atoms. The number of rotatable bonds is 6. The lowest BCUT2D eigenvalue weighted by molar-refractivity contribution is 1.30. The molecule has 0 bridgehead atoms. The van der Waals surface area contributed by atoms with E-state index in [1.807, 2.05) is 11.3 Å². The molecule has 3 heteroatoms. The fourth-order valence-electron chi connectivity index (χ4n) is 5.50. The fourth-order valence-corrected chi connectivity index (χ4v) is 6.74. The zero-order chi connectivity index (χ0) is 26.9. The molecule has 0 aliphatic heterocycles. The Morgan fingerprint density at radius 1 is 0.450 bits per heavy atom. The topological polar surface area (TPSA) is 6.48 Å². The van der Waals surface area contributed by atoms with Gasteiger partial charge in [-0.25, -0.2) is 0 Å². The molecule has 0 aliphatic rings. The van der Waals surface area contributed by atoms with Gasteiger partial charge in [0.2, 0.25) is 0 Å². The first kappa shape index (κ1) is 24.2. The van der Waals surface area contributed by atoms with E-state index in [0.717, 1.165) is 11.4 Å². The Balaban J connectivity index is 1.46. The zero-order valence-corrected chi connectivity index (χ0v) is 23.1. The molecule has 0 radical (unpaired) electrons. The van der Waals surface area contributed by atoms with E-state index in [2.05, 4.69) is 168 Å². The van der Waals surface area contributed by atoms with Crippen LogP contribution in [-0.4, -0.2) is 0 Å². The molecule has 192 valence electrons. The summed E-state index contributed by atoms with van der Waals surface area (Å²) >= 11 is 1.82. The van der Waals surface area contributed by atoms with Crippen LogP contribution in [0.2, 0.25) is 0 Å². The normalized spacial score (nSPS) is 11.1. The molecular weight excluding hydrogens is 504 g/mol. The van der Waals surface area contributed by atoms with Crippen LogP contribution in [0.3, 0.4) is 0 Å². The van der Waals surface area contributed by atoms with Crippen LogP contribution >= 0.6 is 11.3 Å². The van der Waals surface area contributed by atoms with Crippen molar-refractivity contribution in [1.82, 2.24) is 0 Å². The smallest absolute Gasteiger partial charge is 0.105 e. The van der Waals surface area contributed by atoms with Crippen LogP contribution in [-0.2, 0) is 0 Å². The molecule has 40 heavy (non-hydrogen) atoms. The molecule has 0 saturated carbocycles. The van der Waals surface area contributed by atoms with Crippen LogP contribution in [0.5, 0.6) is 0 Å². The summed E-state index contributed by atoms with van der Waals surface area (Å²) in [4.78, 5) is 4.81. The van der Waals surface area contributed by atoms with Gasteiger partial charge in [0, 0.05) is 22.1 Å². The van der Waals surface area contributed by atoms with Crippen molar-refractivity contribution in [1.29, 1.82) is 0 Å². The van der Waals surface area contributed by atoms with Crippen LogP contribution in [0.25, 0.3) is 21.5 Å². The van der Waals surface area contributed by atoms with Crippen molar-refractivity contribution < 1.29 is 0 Å². The lowest BCUT2D eigenvalue weighted by Gasteiger charge is -2.27. The summed E-state index contributed by atoms with van der Waals surface area (Å²) in [5.41, 5.74) is 5.87. The summed E-state index contributed by atoms with van der Waals surface area (Å²) in [5.74, 6) is 0. The van der Waals surface area contributed by atoms with E-state index in [1.165, 1.54) is 48.5 Å². The van der Waals surface area contributed by atoms with Crippen molar-refractivity contribution >= 4 is 65.6 Å². The predicted molar refractivity (Wildman–Crippen MR) is 173 cm³/mol. The third-order valence-corrected chi connectivity index (χ3v) is 8.55. The molecule has 0 atom stereocenters. The summed E-state index contributed by atoms with van der Waals surface area (Å²) in [5, 5.41) is 7.32. The van der Waals surface area contributed by atoms with E-state index < -0.39 is 0 Å². The molecule has 0 unspecified atom stereocenters. The summed E-state index contributed by atoms with van der Waals surface area (Å²) in [6, 6.07) is 54.1. The second-order valence-electron chi connectivity index (χ2n) is 9.91. The Kier molecular flexibility index (Phi) is 6.27. The number of fused-ring (bicyclic) bond motifs is 2. The van der Waals surface area contributed by atoms with Gasteiger partial charge in [-0.2, -0.15) is 0 Å². The van der Waals surface area contributed by atoms with Crippen LogP contribution in [0.15, 0.2) is 152 Å². The maximum absolute atomic E-state index is 2.41. The first-order chi connectivity index (χ1) is 19.8. The molecule has 0 amide bonds. The number of thiophene rings is 1. The molecule has 6 aromatic carbocycles. The fraction of sp³-hybridized carbons (Fsp3) is 0.0270. The standard InChI is InChI=1S/C37H28N2S/c1-27-26-36(38(30-18-4-2-5-19-30)34-24-12-16-28-14-8-10-22-32(28)34)40-37(27)39(31-20-6-3-7-21-31)35-25-13-17-29-15-9-11-23-33(29)35/h2-26H,1H3. The van der Waals surface area contributed by atoms with Crippen molar-refractivity contribution in [3.8, 4) is 0 Å². The van der Waals surface area contributed by atoms with Gasteiger partial charge < -0.3 is 9.80 Å². The van der Waals surface area contributed by atoms with Crippen LogP contribution < -0.4 is 9.80 Å². The monoisotopic (exact) mass is 532 g/mol. The number of nitrogens with zero attached hydrogens (tertiary/aromatic N) is 2. The van der Waals surface area contributed by atoms with Gasteiger partial charge in [-0.05, 0) is 65.7 Å². The first-order valence-corrected chi connectivity index (χ1v) is 14.4. The van der Waals surface area contributed by atoms with Gasteiger partial charge in [-0.15, -0.1) is 0 Å². The number of hydrogen-bond acceptors (Lipinski definition) is 3. The second-order valence-corrected chi connectivity index (χ2v) is 10.9. The van der Waals surface area contributed by atoms with Gasteiger partial charge in [0.25, 0.3) is 0 Å². The molecule has 1 heterocycles. The van der Waals surface area contributed by atoms with Gasteiger partial charge in [-0.3, -0.25) is 0 Å². The third kappa shape index (κ3) is 4.31. The summed E-state index contributed by atoms with van der Waals surface area (Å²) in [6.45, 7) is 2.22. The maximum atomic E-state index is 2.41. The van der Waals surface area contributed by atoms with E-state index in [0.29, 0.717) is 0 Å². The number of aryl methyl sites for hydroxylation is 1. The van der Waals surface area contributed by atoms with E-state index in [-0.39, 0.29) is 0 Å². The molecule has 7 rings (SSSR count). The Labute approximate surface area is 239 Å². The highest BCUT2D eigenvalue weighted by molar-refractivity contribution is 7.20. The molecule has 0 saturated heterocycles. The van der Waals surface area contributed by atoms with E-state index >= 15 is 0 Å². The average molecular weight is 533 g/mol. The van der Waals surface area contributed by atoms with Gasteiger partial charge in [-0.1, -0.05) is 121 Å². The van der Waals surface area contributed by atoms with Crippen LogP contribution in [0.1, 0.15) is 5.56 Å². The molecule has 7 aromatic rings. The minimum Gasteiger partial charge on any atom is -0.301 e. The number of para-hydroxylation sites is 2. The molecule has 0 aliphatic carbocycles. The number of anilines is 6. The highest BCUT2D eigenvalue weighted by atomic mass is 32.1. The predicted octanol–water partition coefficient (Wildman–Crippen LogP) is 11.3. The van der Waals surface area contributed by atoms with Gasteiger partial charge in [0.1, 0.15) is 10.0 Å². The van der Waals surface area contributed by atoms with E-state index in [4.69, 9.17) is 0 Å². The summed E-state index contributed by atoms with van der Waals surface area (Å²) in [7, 11) is 0. The van der Waals surface area contributed by atoms with E-state index in [1.54, 1.807) is 0 Å². The third-order valence-electron chi connectivity index (χ3n) is 7.35. The zero-order valence-electron chi connectivity index (χ0n) is 22.2. The quantitative estimate of drug-likeness (QED) is 0.210. The van der Waals surface area contributed by atoms with Gasteiger partial charge in [0.05, 0.1) is 11.4 Å². The van der Waals surface area contributed by atoms with Crippen LogP contribution in [0, 0.1) is 6.92 Å². The lowest BCUT2D eigenvalue weighted by Crippen LogP contribution is -2.10. The molecular formula is C37H28N2S. The SMILES string of the molecule is Cc1cc(N(c2ccccc2)c2cccc3ccccc23)sc1N(c1ccccc1)c1cccc2ccccc12. The molecule has 1 aromatic heterocycles. The second kappa shape index (κ2) is 10.4. The average Bonchev–Trinajstić information content (AvgIpc) is 3.39. The van der Waals surface area contributed by atoms with Crippen molar-refractivity contribution in [2.24, 2.45) is 0 Å². The Bertz CT molecular complexity index is 1910. The first-order valence-electron chi connectivity index (χ1n) is 13.5. The number of benzene rings is 6. The van der Waals surface area contributed by atoms with Crippen LogP contribution in [0.4, 0.5) is 32.8 Å². The minimum absolute atomic E-state index is 1.14. The maximum Gasteiger partial charge on any atom is 0.105 e.